The quantitative estimate of drug-likeness (QED) is 0.741. The first-order chi connectivity index (χ1) is 7.78. The fourth-order valence-corrected chi connectivity index (χ4v) is 1.96. The Labute approximate surface area is 105 Å². The van der Waals surface area contributed by atoms with Crippen LogP contribution >= 0.6 is 0 Å². The van der Waals surface area contributed by atoms with Gasteiger partial charge in [-0.05, 0) is 40.0 Å². The van der Waals surface area contributed by atoms with E-state index in [1.807, 2.05) is 19.1 Å². The van der Waals surface area contributed by atoms with Crippen molar-refractivity contribution in [1.82, 2.24) is 0 Å². The second kappa shape index (κ2) is 5.19. The maximum Gasteiger partial charge on any atom is 0.0843 e. The molecule has 3 unspecified atom stereocenters. The lowest BCUT2D eigenvalue weighted by Crippen LogP contribution is -2.23. The van der Waals surface area contributed by atoms with Crippen molar-refractivity contribution >= 4 is 0 Å². The number of aliphatic hydroxyl groups is 1. The summed E-state index contributed by atoms with van der Waals surface area (Å²) < 4.78 is 5.96. The zero-order chi connectivity index (χ0) is 13.1. The molecule has 1 N–H and O–H groups in total. The van der Waals surface area contributed by atoms with E-state index in [1.165, 1.54) is 0 Å². The van der Waals surface area contributed by atoms with Crippen LogP contribution in [0.3, 0.4) is 0 Å². The summed E-state index contributed by atoms with van der Waals surface area (Å²) in [4.78, 5) is 0. The second-order valence-corrected chi connectivity index (χ2v) is 5.47. The van der Waals surface area contributed by atoms with Crippen LogP contribution in [0.4, 0.5) is 0 Å². The van der Waals surface area contributed by atoms with Crippen LogP contribution < -0.4 is 0 Å². The third-order valence-electron chi connectivity index (χ3n) is 3.31. The molecule has 2 nitrogen and oxygen atoms in total. The summed E-state index contributed by atoms with van der Waals surface area (Å²) in [7, 11) is 0. The van der Waals surface area contributed by atoms with E-state index < -0.39 is 5.60 Å². The highest BCUT2D eigenvalue weighted by atomic mass is 16.5. The number of hydrogen-bond acceptors (Lipinski definition) is 2. The molecule has 96 valence electrons. The lowest BCUT2D eigenvalue weighted by molar-refractivity contribution is 0.0216. The first kappa shape index (κ1) is 14.2. The molecule has 0 saturated carbocycles. The van der Waals surface area contributed by atoms with Gasteiger partial charge in [0, 0.05) is 0 Å². The molecule has 0 radical (unpaired) electrons. The number of ether oxygens (including phenoxy) is 1. The predicted molar refractivity (Wildman–Crippen MR) is 71.9 cm³/mol. The van der Waals surface area contributed by atoms with E-state index in [9.17, 15) is 5.11 Å². The third-order valence-corrected chi connectivity index (χ3v) is 3.31. The number of rotatable bonds is 5. The fourth-order valence-electron chi connectivity index (χ4n) is 1.96. The van der Waals surface area contributed by atoms with E-state index in [2.05, 4.69) is 20.1 Å². The fraction of sp³-hybridized carbons (Fsp3) is 0.600. The summed E-state index contributed by atoms with van der Waals surface area (Å²) in [6.45, 7) is 13.4. The Balaban J connectivity index is 2.54. The van der Waals surface area contributed by atoms with Crippen molar-refractivity contribution in [3.8, 4) is 0 Å². The van der Waals surface area contributed by atoms with Gasteiger partial charge in [0.05, 0.1) is 17.3 Å². The van der Waals surface area contributed by atoms with Gasteiger partial charge in [0.25, 0.3) is 0 Å². The van der Waals surface area contributed by atoms with Gasteiger partial charge in [-0.1, -0.05) is 30.4 Å². The smallest absolute Gasteiger partial charge is 0.0843 e. The Morgan fingerprint density at radius 1 is 1.65 bits per heavy atom. The summed E-state index contributed by atoms with van der Waals surface area (Å²) in [5.41, 5.74) is 0.0281. The molecule has 1 aliphatic rings. The molecule has 3 atom stereocenters. The molecule has 17 heavy (non-hydrogen) atoms. The van der Waals surface area contributed by atoms with Gasteiger partial charge in [-0.3, -0.25) is 0 Å². The van der Waals surface area contributed by atoms with Crippen molar-refractivity contribution < 1.29 is 9.84 Å². The van der Waals surface area contributed by atoms with Gasteiger partial charge in [-0.2, -0.15) is 0 Å². The molecular weight excluding hydrogens is 212 g/mol. The molecule has 1 fully saturated rings. The standard InChI is InChI=1S/C15H24O2/c1-6-14(4,16)9-7-10-15(5)11-8-13(17-15)12(2)3/h6-7,10,13,16H,1-2,8-9,11H2,3-5H3/b10-7+. The van der Waals surface area contributed by atoms with Gasteiger partial charge in [-0.15, -0.1) is 6.58 Å². The molecule has 2 heteroatoms. The van der Waals surface area contributed by atoms with E-state index in [0.29, 0.717) is 6.42 Å². The van der Waals surface area contributed by atoms with E-state index in [-0.39, 0.29) is 11.7 Å². The van der Waals surface area contributed by atoms with E-state index in [4.69, 9.17) is 4.74 Å². The summed E-state index contributed by atoms with van der Waals surface area (Å²) in [5.74, 6) is 0. The summed E-state index contributed by atoms with van der Waals surface area (Å²) in [6, 6.07) is 0. The highest BCUT2D eigenvalue weighted by molar-refractivity contribution is 5.11. The molecule has 1 heterocycles. The van der Waals surface area contributed by atoms with Gasteiger partial charge in [-0.25, -0.2) is 0 Å². The molecule has 0 aliphatic carbocycles. The molecule has 1 rings (SSSR count). The van der Waals surface area contributed by atoms with Gasteiger partial charge in [0.1, 0.15) is 0 Å². The van der Waals surface area contributed by atoms with Crippen LogP contribution in [-0.4, -0.2) is 22.4 Å². The molecular formula is C15H24O2. The van der Waals surface area contributed by atoms with Crippen LogP contribution in [-0.2, 0) is 4.74 Å². The van der Waals surface area contributed by atoms with Crippen LogP contribution in [0.25, 0.3) is 0 Å². The Morgan fingerprint density at radius 2 is 2.29 bits per heavy atom. The highest BCUT2D eigenvalue weighted by Gasteiger charge is 2.34. The van der Waals surface area contributed by atoms with Crippen LogP contribution in [0.2, 0.25) is 0 Å². The SMILES string of the molecule is C=CC(C)(O)C/C=C/C1(C)CCC(C(=C)C)O1. The predicted octanol–water partition coefficient (Wildman–Crippen LogP) is 3.38. The summed E-state index contributed by atoms with van der Waals surface area (Å²) in [5, 5.41) is 9.80. The van der Waals surface area contributed by atoms with E-state index in [1.54, 1.807) is 13.0 Å². The van der Waals surface area contributed by atoms with Crippen LogP contribution in [0, 0.1) is 0 Å². The largest absolute Gasteiger partial charge is 0.386 e. The second-order valence-electron chi connectivity index (χ2n) is 5.47. The van der Waals surface area contributed by atoms with Crippen LogP contribution in [0.15, 0.2) is 37.0 Å². The molecule has 0 spiro atoms. The molecule has 0 aromatic carbocycles. The van der Waals surface area contributed by atoms with E-state index in [0.717, 1.165) is 18.4 Å². The third kappa shape index (κ3) is 4.14. The van der Waals surface area contributed by atoms with Gasteiger partial charge >= 0.3 is 0 Å². The Morgan fingerprint density at radius 3 is 2.76 bits per heavy atom. The lowest BCUT2D eigenvalue weighted by Gasteiger charge is -2.22. The summed E-state index contributed by atoms with van der Waals surface area (Å²) in [6.07, 6.45) is 8.34. The molecule has 1 aliphatic heterocycles. The van der Waals surface area contributed by atoms with Crippen molar-refractivity contribution in [1.29, 1.82) is 0 Å². The molecule has 0 aromatic rings. The van der Waals surface area contributed by atoms with E-state index >= 15 is 0 Å². The van der Waals surface area contributed by atoms with Gasteiger partial charge < -0.3 is 9.84 Å². The van der Waals surface area contributed by atoms with Gasteiger partial charge in [0.15, 0.2) is 0 Å². The van der Waals surface area contributed by atoms with Gasteiger partial charge in [0.2, 0.25) is 0 Å². The van der Waals surface area contributed by atoms with Crippen LogP contribution in [0.5, 0.6) is 0 Å². The lowest BCUT2D eigenvalue weighted by atomic mass is 9.97. The minimum Gasteiger partial charge on any atom is -0.386 e. The van der Waals surface area contributed by atoms with Crippen molar-refractivity contribution in [3.63, 3.8) is 0 Å². The Bertz CT molecular complexity index is 328. The molecule has 0 amide bonds. The minimum atomic E-state index is -0.834. The Hall–Kier alpha value is -0.860. The monoisotopic (exact) mass is 236 g/mol. The first-order valence-corrected chi connectivity index (χ1v) is 6.15. The average Bonchev–Trinajstić information content (AvgIpc) is 2.61. The summed E-state index contributed by atoms with van der Waals surface area (Å²) >= 11 is 0. The zero-order valence-electron chi connectivity index (χ0n) is 11.2. The van der Waals surface area contributed by atoms with Crippen molar-refractivity contribution in [3.05, 3.63) is 37.0 Å². The number of hydrogen-bond donors (Lipinski definition) is 1. The average molecular weight is 236 g/mol. The van der Waals surface area contributed by atoms with Crippen molar-refractivity contribution in [2.24, 2.45) is 0 Å². The molecule has 1 saturated heterocycles. The topological polar surface area (TPSA) is 29.5 Å². The highest BCUT2D eigenvalue weighted by Crippen LogP contribution is 2.34. The molecule has 0 bridgehead atoms. The maximum atomic E-state index is 9.80. The molecule has 0 aromatic heterocycles. The Kier molecular flexibility index (Phi) is 4.34. The normalized spacial score (nSPS) is 32.6. The van der Waals surface area contributed by atoms with Crippen LogP contribution in [0.1, 0.15) is 40.0 Å². The van der Waals surface area contributed by atoms with Crippen molar-refractivity contribution in [2.45, 2.75) is 57.3 Å². The minimum absolute atomic E-state index is 0.171. The van der Waals surface area contributed by atoms with Crippen molar-refractivity contribution in [2.75, 3.05) is 0 Å². The maximum absolute atomic E-state index is 9.80. The zero-order valence-corrected chi connectivity index (χ0v) is 11.2. The first-order valence-electron chi connectivity index (χ1n) is 6.15.